The number of thiocarbonyl (C=S) groups is 1. The fourth-order valence-electron chi connectivity index (χ4n) is 2.36. The number of phenols is 1. The quantitative estimate of drug-likeness (QED) is 0.827. The normalized spacial score (nSPS) is 15.9. The number of benzene rings is 1. The molecule has 0 bridgehead atoms. The van der Waals surface area contributed by atoms with Crippen LogP contribution in [0.4, 0.5) is 0 Å². The van der Waals surface area contributed by atoms with Crippen LogP contribution in [0.2, 0.25) is 0 Å². The maximum absolute atomic E-state index is 12.4. The van der Waals surface area contributed by atoms with E-state index in [-0.39, 0.29) is 17.6 Å². The van der Waals surface area contributed by atoms with Gasteiger partial charge in [-0.25, -0.2) is 0 Å². The van der Waals surface area contributed by atoms with Crippen LogP contribution < -0.4 is 10.5 Å². The number of hydrogen-bond donors (Lipinski definition) is 2. The number of carbonyl (C=O) groups is 1. The van der Waals surface area contributed by atoms with Crippen molar-refractivity contribution in [1.29, 1.82) is 0 Å². The van der Waals surface area contributed by atoms with Crippen LogP contribution in [0.25, 0.3) is 0 Å². The number of ether oxygens (including phenoxy) is 1. The van der Waals surface area contributed by atoms with Gasteiger partial charge in [0.05, 0.1) is 17.7 Å². The number of piperidine rings is 1. The number of nitrogens with two attached hydrogens (primary N) is 1. The highest BCUT2D eigenvalue weighted by atomic mass is 32.1. The van der Waals surface area contributed by atoms with Crippen molar-refractivity contribution >= 4 is 23.1 Å². The van der Waals surface area contributed by atoms with Gasteiger partial charge in [0.2, 0.25) is 0 Å². The summed E-state index contributed by atoms with van der Waals surface area (Å²) >= 11 is 4.98. The number of aromatic hydroxyl groups is 1. The van der Waals surface area contributed by atoms with Crippen LogP contribution in [-0.2, 0) is 0 Å². The third kappa shape index (κ3) is 3.01. The first kappa shape index (κ1) is 14.6. The third-order valence-corrected chi connectivity index (χ3v) is 3.95. The second kappa shape index (κ2) is 6.09. The number of hydrogen-bond acceptors (Lipinski definition) is 4. The highest BCUT2D eigenvalue weighted by Crippen LogP contribution is 2.26. The third-order valence-electron chi connectivity index (χ3n) is 3.62. The minimum Gasteiger partial charge on any atom is -0.507 e. The van der Waals surface area contributed by atoms with E-state index in [0.717, 1.165) is 12.8 Å². The van der Waals surface area contributed by atoms with Crippen molar-refractivity contribution in [3.63, 3.8) is 0 Å². The van der Waals surface area contributed by atoms with Gasteiger partial charge in [0, 0.05) is 25.1 Å². The molecule has 1 amide bonds. The molecule has 0 aliphatic carbocycles. The number of rotatable bonds is 3. The van der Waals surface area contributed by atoms with Gasteiger partial charge in [-0.1, -0.05) is 12.2 Å². The number of phenolic OH excluding ortho intramolecular Hbond substituents is 1. The summed E-state index contributed by atoms with van der Waals surface area (Å²) in [4.78, 5) is 14.6. The molecule has 6 heteroatoms. The van der Waals surface area contributed by atoms with E-state index in [9.17, 15) is 9.90 Å². The van der Waals surface area contributed by atoms with Crippen LogP contribution in [0.15, 0.2) is 18.2 Å². The lowest BCUT2D eigenvalue weighted by Crippen LogP contribution is -2.41. The number of nitrogens with zero attached hydrogens (tertiary/aromatic N) is 1. The van der Waals surface area contributed by atoms with Gasteiger partial charge in [0.1, 0.15) is 11.5 Å². The van der Waals surface area contributed by atoms with E-state index < -0.39 is 0 Å². The highest BCUT2D eigenvalue weighted by molar-refractivity contribution is 7.80. The molecule has 0 unspecified atom stereocenters. The van der Waals surface area contributed by atoms with E-state index in [1.165, 1.54) is 13.2 Å². The molecule has 0 spiro atoms. The lowest BCUT2D eigenvalue weighted by atomic mass is 9.96. The highest BCUT2D eigenvalue weighted by Gasteiger charge is 2.26. The molecule has 2 rings (SSSR count). The Morgan fingerprint density at radius 3 is 2.60 bits per heavy atom. The minimum absolute atomic E-state index is 0.0641. The first-order valence-electron chi connectivity index (χ1n) is 6.48. The van der Waals surface area contributed by atoms with Crippen LogP contribution in [0.1, 0.15) is 23.2 Å². The van der Waals surface area contributed by atoms with Crippen molar-refractivity contribution in [2.45, 2.75) is 12.8 Å². The van der Waals surface area contributed by atoms with Crippen LogP contribution in [-0.4, -0.2) is 41.1 Å². The van der Waals surface area contributed by atoms with Gasteiger partial charge < -0.3 is 20.5 Å². The Balaban J connectivity index is 2.07. The van der Waals surface area contributed by atoms with Gasteiger partial charge in [0.15, 0.2) is 0 Å². The summed E-state index contributed by atoms with van der Waals surface area (Å²) in [6.07, 6.45) is 1.55. The van der Waals surface area contributed by atoms with Crippen molar-refractivity contribution in [2.75, 3.05) is 20.2 Å². The molecule has 0 atom stereocenters. The molecule has 1 saturated heterocycles. The maximum atomic E-state index is 12.4. The van der Waals surface area contributed by atoms with E-state index in [4.69, 9.17) is 22.7 Å². The number of carbonyl (C=O) groups excluding carboxylic acids is 1. The van der Waals surface area contributed by atoms with Crippen molar-refractivity contribution in [2.24, 2.45) is 11.7 Å². The van der Waals surface area contributed by atoms with Gasteiger partial charge >= 0.3 is 0 Å². The first-order chi connectivity index (χ1) is 9.52. The fraction of sp³-hybridized carbons (Fsp3) is 0.429. The summed E-state index contributed by atoms with van der Waals surface area (Å²) in [5.74, 6) is 0.488. The van der Waals surface area contributed by atoms with Crippen LogP contribution in [0, 0.1) is 5.92 Å². The van der Waals surface area contributed by atoms with Crippen LogP contribution in [0.3, 0.4) is 0 Å². The summed E-state index contributed by atoms with van der Waals surface area (Å²) in [5, 5.41) is 9.90. The molecule has 1 aliphatic heterocycles. The Bertz CT molecular complexity index is 525. The van der Waals surface area contributed by atoms with E-state index in [0.29, 0.717) is 29.4 Å². The Hall–Kier alpha value is -1.82. The smallest absolute Gasteiger partial charge is 0.257 e. The van der Waals surface area contributed by atoms with Crippen LogP contribution >= 0.6 is 12.2 Å². The molecule has 5 nitrogen and oxygen atoms in total. The van der Waals surface area contributed by atoms with Crippen molar-refractivity contribution in [3.05, 3.63) is 23.8 Å². The SMILES string of the molecule is COc1ccc(C(=O)N2CCC(C(N)=S)CC2)c(O)c1. The lowest BCUT2D eigenvalue weighted by Gasteiger charge is -2.31. The molecule has 0 aromatic heterocycles. The van der Waals surface area contributed by atoms with Gasteiger partial charge in [-0.2, -0.15) is 0 Å². The lowest BCUT2D eigenvalue weighted by molar-refractivity contribution is 0.0707. The molecule has 20 heavy (non-hydrogen) atoms. The molecule has 1 heterocycles. The summed E-state index contributed by atoms with van der Waals surface area (Å²) < 4.78 is 5.00. The molecule has 3 N–H and O–H groups in total. The average molecular weight is 294 g/mol. The van der Waals surface area contributed by atoms with Gasteiger partial charge in [-0.3, -0.25) is 4.79 Å². The van der Waals surface area contributed by atoms with Crippen molar-refractivity contribution in [1.82, 2.24) is 4.90 Å². The largest absolute Gasteiger partial charge is 0.507 e. The Morgan fingerprint density at radius 1 is 1.45 bits per heavy atom. The summed E-state index contributed by atoms with van der Waals surface area (Å²) in [6.45, 7) is 1.21. The molecule has 0 saturated carbocycles. The van der Waals surface area contributed by atoms with Crippen molar-refractivity contribution < 1.29 is 14.6 Å². The van der Waals surface area contributed by atoms with Crippen molar-refractivity contribution in [3.8, 4) is 11.5 Å². The monoisotopic (exact) mass is 294 g/mol. The molecule has 1 aromatic carbocycles. The topological polar surface area (TPSA) is 75.8 Å². The molecule has 1 fully saturated rings. The minimum atomic E-state index is -0.174. The Morgan fingerprint density at radius 2 is 2.10 bits per heavy atom. The molecule has 1 aromatic rings. The molecular formula is C14H18N2O3S. The number of likely N-dealkylation sites (tertiary alicyclic amines) is 1. The van der Waals surface area contributed by atoms with E-state index in [1.54, 1.807) is 17.0 Å². The molecular weight excluding hydrogens is 276 g/mol. The van der Waals surface area contributed by atoms with Gasteiger partial charge in [-0.15, -0.1) is 0 Å². The molecule has 0 radical (unpaired) electrons. The average Bonchev–Trinajstić information content (AvgIpc) is 2.46. The summed E-state index contributed by atoms with van der Waals surface area (Å²) in [6, 6.07) is 4.68. The van der Waals surface area contributed by atoms with E-state index in [2.05, 4.69) is 0 Å². The summed E-state index contributed by atoms with van der Waals surface area (Å²) in [7, 11) is 1.51. The first-order valence-corrected chi connectivity index (χ1v) is 6.89. The second-order valence-electron chi connectivity index (χ2n) is 4.85. The Kier molecular flexibility index (Phi) is 4.44. The maximum Gasteiger partial charge on any atom is 0.257 e. The predicted molar refractivity (Wildman–Crippen MR) is 80.1 cm³/mol. The second-order valence-corrected chi connectivity index (χ2v) is 5.32. The Labute approximate surface area is 123 Å². The zero-order valence-corrected chi connectivity index (χ0v) is 12.2. The summed E-state index contributed by atoms with van der Waals surface area (Å²) in [5.41, 5.74) is 5.92. The van der Waals surface area contributed by atoms with Gasteiger partial charge in [0.25, 0.3) is 5.91 Å². The zero-order valence-electron chi connectivity index (χ0n) is 11.3. The predicted octanol–water partition coefficient (Wildman–Crippen LogP) is 1.54. The number of methoxy groups -OCH3 is 1. The van der Waals surface area contributed by atoms with E-state index in [1.807, 2.05) is 0 Å². The van der Waals surface area contributed by atoms with E-state index >= 15 is 0 Å². The molecule has 1 aliphatic rings. The van der Waals surface area contributed by atoms with Crippen LogP contribution in [0.5, 0.6) is 11.5 Å². The van der Waals surface area contributed by atoms with Gasteiger partial charge in [-0.05, 0) is 25.0 Å². The standard InChI is InChI=1S/C14H18N2O3S/c1-19-10-2-3-11(12(17)8-10)14(18)16-6-4-9(5-7-16)13(15)20/h2-3,8-9,17H,4-7H2,1H3,(H2,15,20). The fourth-order valence-corrected chi connectivity index (χ4v) is 2.59. The zero-order chi connectivity index (χ0) is 14.7. The number of amides is 1. The molecule has 108 valence electrons.